The molecule has 1 aliphatic heterocycles. The number of nitrogens with zero attached hydrogens (tertiary/aromatic N) is 1. The second-order valence-corrected chi connectivity index (χ2v) is 9.97. The van der Waals surface area contributed by atoms with Gasteiger partial charge in [0.2, 0.25) is 0 Å². The molecule has 0 unspecified atom stereocenters. The molecule has 0 atom stereocenters. The molecule has 38 heavy (non-hydrogen) atoms. The number of barbiturate groups is 1. The Bertz CT molecular complexity index is 1490. The van der Waals surface area contributed by atoms with Crippen LogP contribution in [-0.4, -0.2) is 32.1 Å². The van der Waals surface area contributed by atoms with Crippen molar-refractivity contribution in [1.29, 1.82) is 0 Å². The number of nitrogens with one attached hydrogen (secondary N) is 1. The first-order valence-electron chi connectivity index (χ1n) is 10.8. The zero-order valence-corrected chi connectivity index (χ0v) is 23.7. The topological polar surface area (TPSA) is 94.2 Å². The SMILES string of the molecule is COc1cc(N2C(=O)NC(=O)/C(=C\c3cc(Br)ccc3OCc3ccc(Cl)c(Cl)c3)C2=O)c(OC)cc1Cl. The van der Waals surface area contributed by atoms with Crippen LogP contribution in [0.5, 0.6) is 17.2 Å². The highest BCUT2D eigenvalue weighted by Gasteiger charge is 2.39. The molecule has 1 saturated heterocycles. The van der Waals surface area contributed by atoms with Gasteiger partial charge in [-0.25, -0.2) is 9.69 Å². The van der Waals surface area contributed by atoms with Crippen LogP contribution in [0.2, 0.25) is 15.1 Å². The average Bonchev–Trinajstić information content (AvgIpc) is 2.88. The lowest BCUT2D eigenvalue weighted by Crippen LogP contribution is -2.54. The van der Waals surface area contributed by atoms with E-state index in [2.05, 4.69) is 21.2 Å². The molecule has 1 aliphatic rings. The zero-order chi connectivity index (χ0) is 27.6. The van der Waals surface area contributed by atoms with Gasteiger partial charge in [-0.15, -0.1) is 0 Å². The zero-order valence-electron chi connectivity index (χ0n) is 19.8. The first-order chi connectivity index (χ1) is 18.1. The average molecular weight is 641 g/mol. The Morgan fingerprint density at radius 1 is 0.868 bits per heavy atom. The molecule has 3 aromatic carbocycles. The number of ether oxygens (including phenoxy) is 3. The molecule has 196 valence electrons. The lowest BCUT2D eigenvalue weighted by molar-refractivity contribution is -0.122. The number of urea groups is 1. The van der Waals surface area contributed by atoms with E-state index >= 15 is 0 Å². The first kappa shape index (κ1) is 27.8. The van der Waals surface area contributed by atoms with Gasteiger partial charge in [-0.3, -0.25) is 14.9 Å². The largest absolute Gasteiger partial charge is 0.495 e. The van der Waals surface area contributed by atoms with Crippen LogP contribution in [-0.2, 0) is 16.2 Å². The van der Waals surface area contributed by atoms with Crippen LogP contribution in [0, 0.1) is 0 Å². The maximum absolute atomic E-state index is 13.5. The van der Waals surface area contributed by atoms with E-state index in [9.17, 15) is 14.4 Å². The highest BCUT2D eigenvalue weighted by molar-refractivity contribution is 9.10. The molecule has 0 spiro atoms. The normalized spacial score (nSPS) is 14.5. The van der Waals surface area contributed by atoms with E-state index < -0.39 is 17.8 Å². The number of anilines is 1. The summed E-state index contributed by atoms with van der Waals surface area (Å²) in [5, 5.41) is 3.20. The maximum atomic E-state index is 13.5. The van der Waals surface area contributed by atoms with Crippen LogP contribution >= 0.6 is 50.7 Å². The molecule has 4 rings (SSSR count). The van der Waals surface area contributed by atoms with Crippen molar-refractivity contribution in [2.75, 3.05) is 19.1 Å². The van der Waals surface area contributed by atoms with Crippen molar-refractivity contribution < 1.29 is 28.6 Å². The summed E-state index contributed by atoms with van der Waals surface area (Å²) >= 11 is 21.6. The van der Waals surface area contributed by atoms with Gasteiger partial charge in [-0.1, -0.05) is 56.8 Å². The summed E-state index contributed by atoms with van der Waals surface area (Å²) in [6, 6.07) is 12.0. The Morgan fingerprint density at radius 3 is 2.29 bits per heavy atom. The number of carbonyl (C=O) groups excluding carboxylic acids is 3. The second kappa shape index (κ2) is 11.7. The summed E-state index contributed by atoms with van der Waals surface area (Å²) < 4.78 is 17.2. The molecule has 0 saturated carbocycles. The van der Waals surface area contributed by atoms with Crippen molar-refractivity contribution in [2.45, 2.75) is 6.61 Å². The number of benzene rings is 3. The van der Waals surface area contributed by atoms with Gasteiger partial charge in [0.1, 0.15) is 29.4 Å². The highest BCUT2D eigenvalue weighted by atomic mass is 79.9. The summed E-state index contributed by atoms with van der Waals surface area (Å²) in [4.78, 5) is 39.8. The van der Waals surface area contributed by atoms with E-state index in [4.69, 9.17) is 49.0 Å². The van der Waals surface area contributed by atoms with E-state index in [1.165, 1.54) is 32.4 Å². The number of hydrogen-bond acceptors (Lipinski definition) is 6. The molecule has 0 bridgehead atoms. The molecular weight excluding hydrogens is 623 g/mol. The van der Waals surface area contributed by atoms with Gasteiger partial charge >= 0.3 is 6.03 Å². The number of hydrogen-bond donors (Lipinski definition) is 1. The summed E-state index contributed by atoms with van der Waals surface area (Å²) in [5.41, 5.74) is 0.902. The van der Waals surface area contributed by atoms with E-state index in [-0.39, 0.29) is 34.4 Å². The first-order valence-corrected chi connectivity index (χ1v) is 12.7. The Morgan fingerprint density at radius 2 is 1.61 bits per heavy atom. The van der Waals surface area contributed by atoms with Crippen molar-refractivity contribution in [3.63, 3.8) is 0 Å². The van der Waals surface area contributed by atoms with Crippen LogP contribution in [0.4, 0.5) is 10.5 Å². The monoisotopic (exact) mass is 638 g/mol. The second-order valence-electron chi connectivity index (χ2n) is 7.84. The van der Waals surface area contributed by atoms with Gasteiger partial charge < -0.3 is 14.2 Å². The number of methoxy groups -OCH3 is 2. The molecule has 12 heteroatoms. The number of imide groups is 2. The minimum Gasteiger partial charge on any atom is -0.495 e. The quantitative estimate of drug-likeness (QED) is 0.229. The van der Waals surface area contributed by atoms with Gasteiger partial charge in [0.15, 0.2) is 0 Å². The molecule has 0 aliphatic carbocycles. The van der Waals surface area contributed by atoms with Crippen LogP contribution in [0.1, 0.15) is 11.1 Å². The number of carbonyl (C=O) groups is 3. The molecule has 8 nitrogen and oxygen atoms in total. The standard InChI is InChI=1S/C26H18BrCl3N2O6/c1-36-22-11-20(23(37-2)10-19(22)30)32-25(34)16(24(33)31-26(32)35)9-14-8-15(27)4-6-21(14)38-12-13-3-5-17(28)18(29)7-13/h3-11H,12H2,1-2H3,(H,31,33,35)/b16-9+. The van der Waals surface area contributed by atoms with Crippen molar-refractivity contribution >= 4 is 80.3 Å². The molecule has 1 heterocycles. The fraction of sp³-hybridized carbons (Fsp3) is 0.115. The lowest BCUT2D eigenvalue weighted by atomic mass is 10.1. The summed E-state index contributed by atoms with van der Waals surface area (Å²) in [6.07, 6.45) is 1.34. The molecule has 4 amide bonds. The van der Waals surface area contributed by atoms with Crippen LogP contribution in [0.3, 0.4) is 0 Å². The number of rotatable bonds is 7. The molecule has 3 aromatic rings. The van der Waals surface area contributed by atoms with Crippen molar-refractivity contribution in [3.05, 3.63) is 84.8 Å². The fourth-order valence-corrected chi connectivity index (χ4v) is 4.54. The molecule has 0 aromatic heterocycles. The Kier molecular flexibility index (Phi) is 8.52. The van der Waals surface area contributed by atoms with Crippen LogP contribution in [0.15, 0.2) is 58.6 Å². The van der Waals surface area contributed by atoms with Crippen molar-refractivity contribution in [3.8, 4) is 17.2 Å². The maximum Gasteiger partial charge on any atom is 0.336 e. The van der Waals surface area contributed by atoms with Gasteiger partial charge in [-0.2, -0.15) is 0 Å². The van der Waals surface area contributed by atoms with E-state index in [1.54, 1.807) is 36.4 Å². The minimum atomic E-state index is -0.954. The van der Waals surface area contributed by atoms with Crippen molar-refractivity contribution in [1.82, 2.24) is 5.32 Å². The van der Waals surface area contributed by atoms with E-state index in [0.717, 1.165) is 10.5 Å². The summed E-state index contributed by atoms with van der Waals surface area (Å²) in [5.74, 6) is -1.04. The van der Waals surface area contributed by atoms with Gasteiger partial charge in [0.25, 0.3) is 11.8 Å². The third kappa shape index (κ3) is 5.76. The number of amides is 4. The van der Waals surface area contributed by atoms with Gasteiger partial charge in [0.05, 0.1) is 35.0 Å². The summed E-state index contributed by atoms with van der Waals surface area (Å²) in [7, 11) is 2.74. The van der Waals surface area contributed by atoms with E-state index in [1.807, 2.05) is 0 Å². The number of halogens is 4. The predicted molar refractivity (Wildman–Crippen MR) is 148 cm³/mol. The lowest BCUT2D eigenvalue weighted by Gasteiger charge is -2.28. The third-order valence-electron chi connectivity index (χ3n) is 5.45. The molecule has 1 N–H and O–H groups in total. The fourth-order valence-electron chi connectivity index (χ4n) is 3.60. The molecular formula is C26H18BrCl3N2O6. The third-order valence-corrected chi connectivity index (χ3v) is 6.97. The van der Waals surface area contributed by atoms with Gasteiger partial charge in [-0.05, 0) is 42.0 Å². The Hall–Kier alpha value is -3.24. The van der Waals surface area contributed by atoms with Crippen molar-refractivity contribution in [2.24, 2.45) is 0 Å². The highest BCUT2D eigenvalue weighted by Crippen LogP contribution is 2.39. The van der Waals surface area contributed by atoms with E-state index in [0.29, 0.717) is 25.8 Å². The summed E-state index contributed by atoms with van der Waals surface area (Å²) in [6.45, 7) is 0.140. The minimum absolute atomic E-state index is 0.0417. The molecule has 1 fully saturated rings. The van der Waals surface area contributed by atoms with Crippen LogP contribution < -0.4 is 24.4 Å². The van der Waals surface area contributed by atoms with Crippen LogP contribution in [0.25, 0.3) is 6.08 Å². The predicted octanol–water partition coefficient (Wildman–Crippen LogP) is 6.67. The Labute approximate surface area is 241 Å². The smallest absolute Gasteiger partial charge is 0.336 e. The van der Waals surface area contributed by atoms with Gasteiger partial charge in [0, 0.05) is 22.2 Å². The Balaban J connectivity index is 1.72. The molecule has 0 radical (unpaired) electrons.